The number of aromatic hydroxyl groups is 1. The van der Waals surface area contributed by atoms with Crippen LogP contribution in [0.4, 0.5) is 11.4 Å². The van der Waals surface area contributed by atoms with E-state index in [2.05, 4.69) is 9.69 Å². The quantitative estimate of drug-likeness (QED) is 0.314. The van der Waals surface area contributed by atoms with Crippen molar-refractivity contribution in [3.63, 3.8) is 0 Å². The zero-order chi connectivity index (χ0) is 27.3. The van der Waals surface area contributed by atoms with Crippen LogP contribution in [0.5, 0.6) is 11.5 Å². The second kappa shape index (κ2) is 11.3. The number of phenols is 1. The summed E-state index contributed by atoms with van der Waals surface area (Å²) < 4.78 is 9.48. The van der Waals surface area contributed by atoms with Crippen LogP contribution in [0, 0.1) is 0 Å². The molecule has 0 aliphatic rings. The molecule has 0 aliphatic carbocycles. The van der Waals surface area contributed by atoms with Crippen molar-refractivity contribution >= 4 is 40.6 Å². The van der Waals surface area contributed by atoms with Gasteiger partial charge < -0.3 is 26.6 Å². The van der Waals surface area contributed by atoms with Gasteiger partial charge in [-0.05, 0) is 80.7 Å². The second-order valence-corrected chi connectivity index (χ2v) is 9.73. The Kier molecular flexibility index (Phi) is 8.38. The molecule has 0 saturated carbocycles. The van der Waals surface area contributed by atoms with Gasteiger partial charge in [-0.2, -0.15) is 4.37 Å². The first-order valence-corrected chi connectivity index (χ1v) is 12.5. The summed E-state index contributed by atoms with van der Waals surface area (Å²) in [6, 6.07) is 11.5. The molecule has 10 nitrogen and oxygen atoms in total. The number of carbonyl (C=O) groups is 3. The number of nitrogens with two attached hydrogens (primary N) is 2. The monoisotopic (exact) mass is 525 g/mol. The third-order valence-electron chi connectivity index (χ3n) is 5.86. The van der Waals surface area contributed by atoms with E-state index in [0.29, 0.717) is 30.0 Å². The van der Waals surface area contributed by atoms with Gasteiger partial charge in [0.25, 0.3) is 11.8 Å². The van der Waals surface area contributed by atoms with E-state index in [9.17, 15) is 19.5 Å². The summed E-state index contributed by atoms with van der Waals surface area (Å²) in [4.78, 5) is 40.8. The van der Waals surface area contributed by atoms with Crippen LogP contribution in [-0.2, 0) is 4.79 Å². The molecule has 0 spiro atoms. The number of nitrogen functional groups attached to an aromatic ring is 1. The SMILES string of the molecule is CCOc1ccc(N(C(=O)c2snc(C(N)=O)c2N)C(C(=O)NC(C)(C)CC)c2ccc(O)cc2)cc1. The lowest BCUT2D eigenvalue weighted by Gasteiger charge is -2.34. The van der Waals surface area contributed by atoms with Gasteiger partial charge in [0, 0.05) is 11.2 Å². The molecule has 3 rings (SSSR count). The van der Waals surface area contributed by atoms with Crippen molar-refractivity contribution in [1.29, 1.82) is 0 Å². The van der Waals surface area contributed by atoms with Crippen LogP contribution >= 0.6 is 11.5 Å². The van der Waals surface area contributed by atoms with Crippen molar-refractivity contribution in [2.75, 3.05) is 17.2 Å². The topological polar surface area (TPSA) is 161 Å². The molecule has 0 bridgehead atoms. The van der Waals surface area contributed by atoms with Crippen molar-refractivity contribution in [2.45, 2.75) is 45.7 Å². The number of anilines is 2. The summed E-state index contributed by atoms with van der Waals surface area (Å²) in [7, 11) is 0. The Morgan fingerprint density at radius 3 is 2.24 bits per heavy atom. The summed E-state index contributed by atoms with van der Waals surface area (Å²) in [6.07, 6.45) is 0.641. The number of carbonyl (C=O) groups excluding carboxylic acids is 3. The number of hydrogen-bond acceptors (Lipinski definition) is 8. The lowest BCUT2D eigenvalue weighted by atomic mass is 9.98. The number of benzene rings is 2. The third-order valence-corrected chi connectivity index (χ3v) is 6.71. The maximum atomic E-state index is 14.0. The van der Waals surface area contributed by atoms with Gasteiger partial charge in [0.2, 0.25) is 5.91 Å². The van der Waals surface area contributed by atoms with Gasteiger partial charge in [-0.25, -0.2) is 0 Å². The third kappa shape index (κ3) is 6.18. The Bertz CT molecular complexity index is 1270. The minimum absolute atomic E-state index is 0.00791. The Morgan fingerprint density at radius 2 is 1.73 bits per heavy atom. The molecule has 1 unspecified atom stereocenters. The molecule has 1 aromatic heterocycles. The van der Waals surface area contributed by atoms with Gasteiger partial charge in [-0.3, -0.25) is 19.3 Å². The molecule has 0 aliphatic heterocycles. The molecule has 0 radical (unpaired) electrons. The van der Waals surface area contributed by atoms with Crippen LogP contribution in [-0.4, -0.2) is 39.3 Å². The van der Waals surface area contributed by atoms with Crippen molar-refractivity contribution in [3.05, 3.63) is 64.7 Å². The van der Waals surface area contributed by atoms with Crippen LogP contribution in [0.15, 0.2) is 48.5 Å². The van der Waals surface area contributed by atoms with Crippen LogP contribution < -0.4 is 26.4 Å². The van der Waals surface area contributed by atoms with Crippen LogP contribution in [0.25, 0.3) is 0 Å². The summed E-state index contributed by atoms with van der Waals surface area (Å²) in [5.41, 5.74) is 11.3. The Morgan fingerprint density at radius 1 is 1.11 bits per heavy atom. The van der Waals surface area contributed by atoms with Gasteiger partial charge in [0.05, 0.1) is 12.3 Å². The summed E-state index contributed by atoms with van der Waals surface area (Å²) in [5.74, 6) is -1.36. The Hall–Kier alpha value is -4.12. The molecule has 3 amide bonds. The predicted molar refractivity (Wildman–Crippen MR) is 143 cm³/mol. The standard InChI is InChI=1S/C26H31N5O5S/c1-5-26(3,4)29-24(34)21(15-7-11-17(32)12-8-15)31(16-9-13-18(14-10-16)36-6-2)25(35)22-19(27)20(23(28)33)30-37-22/h7-14,21,32H,5-6,27H2,1-4H3,(H2,28,33)(H,29,34). The summed E-state index contributed by atoms with van der Waals surface area (Å²) in [5, 5.41) is 12.9. The maximum Gasteiger partial charge on any atom is 0.273 e. The Labute approximate surface area is 219 Å². The fraction of sp³-hybridized carbons (Fsp3) is 0.308. The molecular formula is C26H31N5O5S. The van der Waals surface area contributed by atoms with Crippen molar-refractivity contribution in [1.82, 2.24) is 9.69 Å². The van der Waals surface area contributed by atoms with Gasteiger partial charge in [0.1, 0.15) is 22.4 Å². The highest BCUT2D eigenvalue weighted by molar-refractivity contribution is 7.09. The number of amides is 3. The molecule has 3 aromatic rings. The minimum atomic E-state index is -1.16. The lowest BCUT2D eigenvalue weighted by molar-refractivity contribution is -0.124. The first-order chi connectivity index (χ1) is 17.5. The van der Waals surface area contributed by atoms with Crippen LogP contribution in [0.1, 0.15) is 65.9 Å². The van der Waals surface area contributed by atoms with E-state index in [4.69, 9.17) is 16.2 Å². The van der Waals surface area contributed by atoms with Crippen LogP contribution in [0.3, 0.4) is 0 Å². The predicted octanol–water partition coefficient (Wildman–Crippen LogP) is 3.62. The van der Waals surface area contributed by atoms with Crippen molar-refractivity contribution in [2.24, 2.45) is 5.73 Å². The molecular weight excluding hydrogens is 494 g/mol. The summed E-state index contributed by atoms with van der Waals surface area (Å²) >= 11 is 0.728. The number of phenolic OH excluding ortho intramolecular Hbond substituents is 1. The molecule has 11 heteroatoms. The Balaban J connectivity index is 2.22. The van der Waals surface area contributed by atoms with Gasteiger partial charge in [0.15, 0.2) is 5.69 Å². The van der Waals surface area contributed by atoms with E-state index in [0.717, 1.165) is 11.5 Å². The van der Waals surface area contributed by atoms with E-state index in [1.807, 2.05) is 27.7 Å². The average Bonchev–Trinajstić information content (AvgIpc) is 3.25. The van der Waals surface area contributed by atoms with E-state index in [1.165, 1.54) is 17.0 Å². The molecule has 1 atom stereocenters. The van der Waals surface area contributed by atoms with E-state index < -0.39 is 29.3 Å². The molecule has 6 N–H and O–H groups in total. The van der Waals surface area contributed by atoms with E-state index in [1.54, 1.807) is 36.4 Å². The number of aromatic nitrogens is 1. The minimum Gasteiger partial charge on any atom is -0.508 e. The highest BCUT2D eigenvalue weighted by Crippen LogP contribution is 2.35. The first-order valence-electron chi connectivity index (χ1n) is 11.7. The second-order valence-electron chi connectivity index (χ2n) is 8.96. The fourth-order valence-electron chi connectivity index (χ4n) is 3.56. The molecule has 0 fully saturated rings. The van der Waals surface area contributed by atoms with Crippen molar-refractivity contribution < 1.29 is 24.2 Å². The molecule has 196 valence electrons. The van der Waals surface area contributed by atoms with Crippen LogP contribution in [0.2, 0.25) is 0 Å². The number of primary amides is 1. The highest BCUT2D eigenvalue weighted by atomic mass is 32.1. The molecule has 2 aromatic carbocycles. The van der Waals surface area contributed by atoms with Crippen molar-refractivity contribution in [3.8, 4) is 11.5 Å². The molecule has 1 heterocycles. The normalized spacial score (nSPS) is 12.0. The lowest BCUT2D eigenvalue weighted by Crippen LogP contribution is -2.50. The number of hydrogen-bond donors (Lipinski definition) is 4. The largest absolute Gasteiger partial charge is 0.508 e. The smallest absolute Gasteiger partial charge is 0.273 e. The number of nitrogens with one attached hydrogen (secondary N) is 1. The number of ether oxygens (including phenoxy) is 1. The van der Waals surface area contributed by atoms with Gasteiger partial charge >= 0.3 is 0 Å². The fourth-order valence-corrected chi connectivity index (χ4v) is 4.30. The molecule has 37 heavy (non-hydrogen) atoms. The zero-order valence-corrected chi connectivity index (χ0v) is 22.0. The van der Waals surface area contributed by atoms with Gasteiger partial charge in [-0.1, -0.05) is 19.1 Å². The zero-order valence-electron chi connectivity index (χ0n) is 21.1. The van der Waals surface area contributed by atoms with Gasteiger partial charge in [-0.15, -0.1) is 0 Å². The number of rotatable bonds is 10. The first kappa shape index (κ1) is 27.5. The highest BCUT2D eigenvalue weighted by Gasteiger charge is 2.37. The average molecular weight is 526 g/mol. The van der Waals surface area contributed by atoms with E-state index in [-0.39, 0.29) is 22.0 Å². The molecule has 0 saturated heterocycles. The van der Waals surface area contributed by atoms with E-state index >= 15 is 0 Å². The summed E-state index contributed by atoms with van der Waals surface area (Å²) in [6.45, 7) is 8.01. The maximum absolute atomic E-state index is 14.0. The number of nitrogens with zero attached hydrogens (tertiary/aromatic N) is 2.